The second-order valence-electron chi connectivity index (χ2n) is 14.0. The molecule has 0 N–H and O–H groups in total. The van der Waals surface area contributed by atoms with Crippen LogP contribution in [0, 0.1) is 0 Å². The molecule has 0 aliphatic heterocycles. The Morgan fingerprint density at radius 1 is 0.315 bits per heavy atom. The highest BCUT2D eigenvalue weighted by Crippen LogP contribution is 2.48. The summed E-state index contributed by atoms with van der Waals surface area (Å²) in [4.78, 5) is 2.43. The highest BCUT2D eigenvalue weighted by Gasteiger charge is 2.19. The van der Waals surface area contributed by atoms with Crippen LogP contribution in [-0.2, 0) is 0 Å². The zero-order valence-corrected chi connectivity index (χ0v) is 31.4. The van der Waals surface area contributed by atoms with Crippen molar-refractivity contribution < 1.29 is 0 Å². The Morgan fingerprint density at radius 2 is 0.870 bits per heavy atom. The molecule has 0 aliphatic rings. The summed E-state index contributed by atoms with van der Waals surface area (Å²) < 4.78 is 7.98. The van der Waals surface area contributed by atoms with Gasteiger partial charge in [0.15, 0.2) is 0 Å². The number of nitrogens with zero attached hydrogens (tertiary/aromatic N) is 1. The van der Waals surface area contributed by atoms with E-state index in [1.165, 1.54) is 93.2 Å². The number of thiophene rings is 3. The molecule has 9 aromatic carbocycles. The third-order valence-electron chi connectivity index (χ3n) is 11.0. The Labute approximate surface area is 323 Å². The minimum atomic E-state index is 1.14. The average molecular weight is 740 g/mol. The van der Waals surface area contributed by atoms with Crippen molar-refractivity contribution >= 4 is 133 Å². The van der Waals surface area contributed by atoms with Crippen LogP contribution >= 0.6 is 34.0 Å². The van der Waals surface area contributed by atoms with Gasteiger partial charge in [-0.05, 0) is 87.3 Å². The number of hydrogen-bond donors (Lipinski definition) is 0. The molecule has 0 amide bonds. The first-order chi connectivity index (χ1) is 26.7. The van der Waals surface area contributed by atoms with Gasteiger partial charge in [0.1, 0.15) is 0 Å². The van der Waals surface area contributed by atoms with Crippen LogP contribution in [0.2, 0.25) is 0 Å². The first kappa shape index (κ1) is 30.4. The van der Waals surface area contributed by atoms with Gasteiger partial charge in [-0.1, -0.05) is 121 Å². The van der Waals surface area contributed by atoms with Gasteiger partial charge in [-0.15, -0.1) is 34.0 Å². The van der Waals surface area contributed by atoms with Gasteiger partial charge in [0.2, 0.25) is 0 Å². The van der Waals surface area contributed by atoms with E-state index in [1.54, 1.807) is 0 Å². The lowest BCUT2D eigenvalue weighted by Gasteiger charge is -2.26. The fraction of sp³-hybridized carbons (Fsp3) is 0. The van der Waals surface area contributed by atoms with E-state index in [4.69, 9.17) is 0 Å². The summed E-state index contributed by atoms with van der Waals surface area (Å²) in [5.74, 6) is 0. The van der Waals surface area contributed by atoms with E-state index in [0.29, 0.717) is 0 Å². The maximum atomic E-state index is 2.43. The molecule has 0 radical (unpaired) electrons. The van der Waals surface area contributed by atoms with E-state index in [0.717, 1.165) is 17.1 Å². The Bertz CT molecular complexity index is 3450. The first-order valence-electron chi connectivity index (χ1n) is 18.2. The topological polar surface area (TPSA) is 3.24 Å². The zero-order chi connectivity index (χ0) is 35.3. The highest BCUT2D eigenvalue weighted by atomic mass is 32.1. The summed E-state index contributed by atoms with van der Waals surface area (Å²) >= 11 is 5.69. The van der Waals surface area contributed by atoms with Gasteiger partial charge < -0.3 is 4.90 Å². The number of rotatable bonds is 4. The smallest absolute Gasteiger partial charge is 0.0476 e. The Kier molecular flexibility index (Phi) is 6.61. The molecular weight excluding hydrogens is 711 g/mol. The summed E-state index contributed by atoms with van der Waals surface area (Å²) in [5, 5.41) is 13.2. The molecule has 0 bridgehead atoms. The lowest BCUT2D eigenvalue weighted by atomic mass is 9.98. The van der Waals surface area contributed by atoms with E-state index in [2.05, 4.69) is 181 Å². The molecule has 0 spiro atoms. The summed E-state index contributed by atoms with van der Waals surface area (Å²) in [7, 11) is 0. The molecule has 1 nitrogen and oxygen atoms in total. The molecule has 3 heterocycles. The maximum Gasteiger partial charge on any atom is 0.0476 e. The molecule has 12 aromatic rings. The SMILES string of the molecule is c1ccc2c(-c3ccc(N(c4ccc5c(c4)sc4ccccc45)c4ccc5c(c4)sc4ccc6sc7c8ccccc8ccc7c6c45)cc3)cccc2c1. The standard InChI is InChI=1S/C50H29NS3/c1-3-11-36-30(8-1)10-7-14-37(36)32-16-19-33(20-17-32)51(34-21-24-40-39-13-5-6-15-43(39)52-46(40)28-34)35-22-25-41-47(29-35)53-44-26-27-45-49(48(41)44)42-23-18-31-9-2-4-12-38(31)50(42)54-45/h1-29H. The predicted octanol–water partition coefficient (Wildman–Crippen LogP) is 16.2. The van der Waals surface area contributed by atoms with Crippen molar-refractivity contribution in [2.24, 2.45) is 0 Å². The highest BCUT2D eigenvalue weighted by molar-refractivity contribution is 7.28. The second kappa shape index (κ2) is 11.7. The molecule has 0 unspecified atom stereocenters. The van der Waals surface area contributed by atoms with Crippen LogP contribution < -0.4 is 4.90 Å². The molecule has 3 aromatic heterocycles. The van der Waals surface area contributed by atoms with Gasteiger partial charge >= 0.3 is 0 Å². The Morgan fingerprint density at radius 3 is 1.69 bits per heavy atom. The van der Waals surface area contributed by atoms with Crippen LogP contribution in [0.15, 0.2) is 176 Å². The van der Waals surface area contributed by atoms with Gasteiger partial charge in [0, 0.05) is 77.6 Å². The molecule has 0 saturated heterocycles. The normalized spacial score (nSPS) is 12.1. The molecule has 0 atom stereocenters. The molecule has 12 rings (SSSR count). The zero-order valence-electron chi connectivity index (χ0n) is 28.9. The van der Waals surface area contributed by atoms with Crippen molar-refractivity contribution in [1.82, 2.24) is 0 Å². The van der Waals surface area contributed by atoms with Gasteiger partial charge in [-0.25, -0.2) is 0 Å². The van der Waals surface area contributed by atoms with Crippen LogP contribution in [0.3, 0.4) is 0 Å². The summed E-state index contributed by atoms with van der Waals surface area (Å²) in [5.41, 5.74) is 5.92. The minimum absolute atomic E-state index is 1.14. The first-order valence-corrected chi connectivity index (χ1v) is 20.7. The molecule has 54 heavy (non-hydrogen) atoms. The number of anilines is 3. The number of hydrogen-bond acceptors (Lipinski definition) is 4. The van der Waals surface area contributed by atoms with Crippen LogP contribution in [0.5, 0.6) is 0 Å². The minimum Gasteiger partial charge on any atom is -0.310 e. The van der Waals surface area contributed by atoms with Crippen molar-refractivity contribution in [3.63, 3.8) is 0 Å². The Hall–Kier alpha value is -6.04. The lowest BCUT2D eigenvalue weighted by Crippen LogP contribution is -2.09. The quantitative estimate of drug-likeness (QED) is 0.174. The fourth-order valence-corrected chi connectivity index (χ4v) is 12.1. The predicted molar refractivity (Wildman–Crippen MR) is 240 cm³/mol. The molecule has 4 heteroatoms. The molecule has 0 aliphatic carbocycles. The van der Waals surface area contributed by atoms with Gasteiger partial charge in [0.05, 0.1) is 0 Å². The van der Waals surface area contributed by atoms with Crippen molar-refractivity contribution in [3.8, 4) is 11.1 Å². The van der Waals surface area contributed by atoms with Crippen LogP contribution in [0.4, 0.5) is 17.1 Å². The fourth-order valence-electron chi connectivity index (χ4n) is 8.56. The number of benzene rings is 9. The van der Waals surface area contributed by atoms with E-state index in [1.807, 2.05) is 34.0 Å². The van der Waals surface area contributed by atoms with Crippen LogP contribution in [0.25, 0.3) is 93.2 Å². The van der Waals surface area contributed by atoms with E-state index in [-0.39, 0.29) is 0 Å². The lowest BCUT2D eigenvalue weighted by molar-refractivity contribution is 1.30. The third kappa shape index (κ3) is 4.55. The number of fused-ring (bicyclic) bond motifs is 13. The largest absolute Gasteiger partial charge is 0.310 e. The monoisotopic (exact) mass is 739 g/mol. The van der Waals surface area contributed by atoms with Gasteiger partial charge in [0.25, 0.3) is 0 Å². The van der Waals surface area contributed by atoms with Crippen LogP contribution in [0.1, 0.15) is 0 Å². The summed E-state index contributed by atoms with van der Waals surface area (Å²) in [6, 6.07) is 65.2. The molecular formula is C50H29NS3. The van der Waals surface area contributed by atoms with Crippen molar-refractivity contribution in [3.05, 3.63) is 176 Å². The van der Waals surface area contributed by atoms with E-state index >= 15 is 0 Å². The molecule has 0 fully saturated rings. The van der Waals surface area contributed by atoms with Crippen molar-refractivity contribution in [2.75, 3.05) is 4.90 Å². The summed E-state index contributed by atoms with van der Waals surface area (Å²) in [6.45, 7) is 0. The van der Waals surface area contributed by atoms with E-state index in [9.17, 15) is 0 Å². The van der Waals surface area contributed by atoms with E-state index < -0.39 is 0 Å². The third-order valence-corrected chi connectivity index (χ3v) is 14.5. The van der Waals surface area contributed by atoms with Crippen molar-refractivity contribution in [2.45, 2.75) is 0 Å². The Balaban J connectivity index is 1.05. The van der Waals surface area contributed by atoms with Crippen molar-refractivity contribution in [1.29, 1.82) is 0 Å². The second-order valence-corrected chi connectivity index (χ2v) is 17.3. The van der Waals surface area contributed by atoms with Gasteiger partial charge in [-0.2, -0.15) is 0 Å². The van der Waals surface area contributed by atoms with Gasteiger partial charge in [-0.3, -0.25) is 0 Å². The summed E-state index contributed by atoms with van der Waals surface area (Å²) in [6.07, 6.45) is 0. The molecule has 252 valence electrons. The average Bonchev–Trinajstić information content (AvgIpc) is 3.92. The maximum absolute atomic E-state index is 2.43. The van der Waals surface area contributed by atoms with Crippen LogP contribution in [-0.4, -0.2) is 0 Å². The molecule has 0 saturated carbocycles.